The third-order valence-corrected chi connectivity index (χ3v) is 12.8. The summed E-state index contributed by atoms with van der Waals surface area (Å²) in [6, 6.07) is 8.63. The highest BCUT2D eigenvalue weighted by molar-refractivity contribution is 6.76. The van der Waals surface area contributed by atoms with Gasteiger partial charge in [0, 0.05) is 76.4 Å². The van der Waals surface area contributed by atoms with E-state index in [1.165, 1.54) is 0 Å². The molecule has 2 saturated heterocycles. The summed E-state index contributed by atoms with van der Waals surface area (Å²) >= 11 is 0. The summed E-state index contributed by atoms with van der Waals surface area (Å²) in [5.41, 5.74) is 3.94. The molecule has 3 aromatic heterocycles. The van der Waals surface area contributed by atoms with E-state index in [9.17, 15) is 4.79 Å². The molecule has 0 aliphatic carbocycles. The summed E-state index contributed by atoms with van der Waals surface area (Å²) < 4.78 is 20.5. The third-order valence-electron chi connectivity index (χ3n) is 9.35. The second kappa shape index (κ2) is 15.0. The van der Waals surface area contributed by atoms with Crippen LogP contribution in [0, 0.1) is 0 Å². The number of carbonyl (C=O) groups excluding carboxylic acids is 1. The molecule has 5 heterocycles. The first kappa shape index (κ1) is 37.2. The summed E-state index contributed by atoms with van der Waals surface area (Å²) in [6.07, 6.45) is 8.94. The Kier molecular flexibility index (Phi) is 11.4. The van der Waals surface area contributed by atoms with Crippen LogP contribution in [0.15, 0.2) is 37.2 Å². The first-order valence-electron chi connectivity index (χ1n) is 17.9. The number of carbonyl (C=O) groups is 1. The SMILES string of the molecule is C=Cc1ccc(-c2cnn3c(N(COCC[Si](C)(C)C)COCC[Si](C)(C)C)cc(C4CC5CCC(C4)N5C(=O)OC(C)(C)C)nc23)cn1. The first-order chi connectivity index (χ1) is 23.0. The van der Waals surface area contributed by atoms with Crippen LogP contribution < -0.4 is 4.90 Å². The van der Waals surface area contributed by atoms with Gasteiger partial charge in [-0.3, -0.25) is 4.98 Å². The largest absolute Gasteiger partial charge is 0.444 e. The zero-order valence-corrected chi connectivity index (χ0v) is 33.3. The standard InChI is InChI=1S/C37H58N6O4Si2/c1-11-29-13-12-27(23-38-29)32-24-39-43-34(41(25-45-16-18-48(5,6)7)26-46-17-19-49(8,9)10)22-33(40-35(32)43)28-20-30-14-15-31(21-28)42(30)36(44)47-37(2,3)4/h11-13,22-24,28,30-31H,1,14-21,25-26H2,2-10H3. The molecule has 10 nitrogen and oxygen atoms in total. The Hall–Kier alpha value is -3.07. The van der Waals surface area contributed by atoms with Gasteiger partial charge in [0.15, 0.2) is 5.65 Å². The Balaban J connectivity index is 1.51. The maximum Gasteiger partial charge on any atom is 0.410 e. The molecule has 2 unspecified atom stereocenters. The van der Waals surface area contributed by atoms with Crippen LogP contribution in [0.3, 0.4) is 0 Å². The molecule has 0 saturated carbocycles. The van der Waals surface area contributed by atoms with E-state index < -0.39 is 21.7 Å². The third kappa shape index (κ3) is 9.80. The molecule has 5 rings (SSSR count). The number of anilines is 1. The highest BCUT2D eigenvalue weighted by atomic mass is 28.3. The van der Waals surface area contributed by atoms with Crippen LogP contribution in [0.1, 0.15) is 63.8 Å². The zero-order chi connectivity index (χ0) is 35.6. The summed E-state index contributed by atoms with van der Waals surface area (Å²) in [5.74, 6) is 1.08. The highest BCUT2D eigenvalue weighted by Crippen LogP contribution is 2.44. The summed E-state index contributed by atoms with van der Waals surface area (Å²) in [6.45, 7) is 26.1. The monoisotopic (exact) mass is 706 g/mol. The van der Waals surface area contributed by atoms with Gasteiger partial charge in [0.2, 0.25) is 0 Å². The van der Waals surface area contributed by atoms with Crippen LogP contribution in [0.4, 0.5) is 10.6 Å². The number of fused-ring (bicyclic) bond motifs is 3. The van der Waals surface area contributed by atoms with Crippen molar-refractivity contribution >= 4 is 39.8 Å². The number of piperidine rings is 1. The molecule has 49 heavy (non-hydrogen) atoms. The molecule has 1 amide bonds. The Labute approximate surface area is 295 Å². The van der Waals surface area contributed by atoms with Crippen LogP contribution in [-0.2, 0) is 14.2 Å². The Morgan fingerprint density at radius 1 is 0.980 bits per heavy atom. The summed E-state index contributed by atoms with van der Waals surface area (Å²) in [5, 5.41) is 4.89. The second-order valence-corrected chi connectivity index (χ2v) is 28.4. The number of rotatable bonds is 14. The molecule has 268 valence electrons. The number of amides is 1. The van der Waals surface area contributed by atoms with Crippen molar-refractivity contribution in [3.63, 3.8) is 0 Å². The maximum atomic E-state index is 13.3. The number of aromatic nitrogens is 4. The topological polar surface area (TPSA) is 94.3 Å². The number of pyridine rings is 1. The van der Waals surface area contributed by atoms with E-state index in [0.717, 1.165) is 71.8 Å². The fourth-order valence-corrected chi connectivity index (χ4v) is 8.11. The Morgan fingerprint density at radius 2 is 1.59 bits per heavy atom. The van der Waals surface area contributed by atoms with E-state index in [1.54, 1.807) is 6.08 Å². The molecule has 0 aromatic carbocycles. The Morgan fingerprint density at radius 3 is 2.10 bits per heavy atom. The van der Waals surface area contributed by atoms with Gasteiger partial charge < -0.3 is 24.0 Å². The minimum Gasteiger partial charge on any atom is -0.444 e. The lowest BCUT2D eigenvalue weighted by Gasteiger charge is -2.39. The van der Waals surface area contributed by atoms with E-state index >= 15 is 0 Å². The fourth-order valence-electron chi connectivity index (χ4n) is 6.60. The van der Waals surface area contributed by atoms with E-state index in [0.29, 0.717) is 26.7 Å². The lowest BCUT2D eigenvalue weighted by molar-refractivity contribution is 0.00569. The van der Waals surface area contributed by atoms with Crippen LogP contribution in [-0.4, -0.2) is 91.1 Å². The van der Waals surface area contributed by atoms with Crippen molar-refractivity contribution in [3.05, 3.63) is 48.6 Å². The Bertz CT molecular complexity index is 1560. The fraction of sp³-hybridized carbons (Fsp3) is 0.622. The van der Waals surface area contributed by atoms with Crippen molar-refractivity contribution in [2.75, 3.05) is 31.6 Å². The minimum absolute atomic E-state index is 0.131. The lowest BCUT2D eigenvalue weighted by atomic mass is 9.88. The van der Waals surface area contributed by atoms with Crippen LogP contribution in [0.25, 0.3) is 22.9 Å². The molecule has 12 heteroatoms. The second-order valence-electron chi connectivity index (χ2n) is 17.2. The molecule has 2 aliphatic heterocycles. The van der Waals surface area contributed by atoms with E-state index in [-0.39, 0.29) is 24.1 Å². The molecule has 2 atom stereocenters. The van der Waals surface area contributed by atoms with Gasteiger partial charge >= 0.3 is 6.09 Å². The maximum absolute atomic E-state index is 13.3. The molecular formula is C37H58N6O4Si2. The summed E-state index contributed by atoms with van der Waals surface area (Å²) in [4.78, 5) is 27.3. The van der Waals surface area contributed by atoms with Gasteiger partial charge in [0.05, 0.1) is 11.9 Å². The van der Waals surface area contributed by atoms with E-state index in [1.807, 2.05) is 54.7 Å². The van der Waals surface area contributed by atoms with Crippen LogP contribution in [0.2, 0.25) is 51.4 Å². The van der Waals surface area contributed by atoms with Crippen LogP contribution >= 0.6 is 0 Å². The van der Waals surface area contributed by atoms with Crippen LogP contribution in [0.5, 0.6) is 0 Å². The normalized spacial score (nSPS) is 19.8. The van der Waals surface area contributed by atoms with Crippen molar-refractivity contribution in [1.82, 2.24) is 24.5 Å². The predicted octanol–water partition coefficient (Wildman–Crippen LogP) is 8.51. The van der Waals surface area contributed by atoms with Gasteiger partial charge in [0.25, 0.3) is 0 Å². The van der Waals surface area contributed by atoms with E-state index in [4.69, 9.17) is 24.3 Å². The number of nitrogens with zero attached hydrogens (tertiary/aromatic N) is 6. The highest BCUT2D eigenvalue weighted by Gasteiger charge is 2.45. The van der Waals surface area contributed by atoms with Gasteiger partial charge in [-0.15, -0.1) is 0 Å². The molecule has 2 fully saturated rings. The van der Waals surface area contributed by atoms with Crippen molar-refractivity contribution in [3.8, 4) is 11.1 Å². The van der Waals surface area contributed by atoms with Gasteiger partial charge in [0.1, 0.15) is 24.9 Å². The molecule has 3 aromatic rings. The van der Waals surface area contributed by atoms with E-state index in [2.05, 4.69) is 61.8 Å². The van der Waals surface area contributed by atoms with Crippen molar-refractivity contribution in [2.45, 2.75) is 121 Å². The predicted molar refractivity (Wildman–Crippen MR) is 204 cm³/mol. The van der Waals surface area contributed by atoms with Gasteiger partial charge in [-0.05, 0) is 70.7 Å². The van der Waals surface area contributed by atoms with Gasteiger partial charge in [-0.1, -0.05) is 51.9 Å². The van der Waals surface area contributed by atoms with Gasteiger partial charge in [-0.2, -0.15) is 9.61 Å². The molecular weight excluding hydrogens is 649 g/mol. The molecule has 0 spiro atoms. The van der Waals surface area contributed by atoms with Crippen molar-refractivity contribution in [2.24, 2.45) is 0 Å². The van der Waals surface area contributed by atoms with Crippen molar-refractivity contribution < 1.29 is 19.0 Å². The quantitative estimate of drug-likeness (QED) is 0.0936. The number of hydrogen-bond acceptors (Lipinski definition) is 8. The minimum atomic E-state index is -1.26. The molecule has 2 bridgehead atoms. The van der Waals surface area contributed by atoms with Gasteiger partial charge in [-0.25, -0.2) is 9.78 Å². The smallest absolute Gasteiger partial charge is 0.410 e. The molecule has 0 radical (unpaired) electrons. The van der Waals surface area contributed by atoms with Crippen molar-refractivity contribution in [1.29, 1.82) is 0 Å². The first-order valence-corrected chi connectivity index (χ1v) is 25.3. The zero-order valence-electron chi connectivity index (χ0n) is 31.3. The molecule has 0 N–H and O–H groups in total. The lowest BCUT2D eigenvalue weighted by Crippen LogP contribution is -2.48. The molecule has 2 aliphatic rings. The number of ether oxygens (including phenoxy) is 3. The number of hydrogen-bond donors (Lipinski definition) is 0. The average Bonchev–Trinajstić information content (AvgIpc) is 3.56. The average molecular weight is 707 g/mol. The summed E-state index contributed by atoms with van der Waals surface area (Å²) in [7, 11) is -2.52.